The number of nitrogen functional groups attached to an aromatic ring is 1. The van der Waals surface area contributed by atoms with Crippen molar-refractivity contribution >= 4 is 33.2 Å². The predicted molar refractivity (Wildman–Crippen MR) is 83.2 cm³/mol. The van der Waals surface area contributed by atoms with Gasteiger partial charge in [-0.15, -0.1) is 0 Å². The number of hydrogen-bond acceptors (Lipinski definition) is 3. The van der Waals surface area contributed by atoms with E-state index in [0.717, 1.165) is 4.47 Å². The molecule has 2 aromatic rings. The minimum absolute atomic E-state index is 0.211. The number of amides is 1. The van der Waals surface area contributed by atoms with Crippen LogP contribution in [0.3, 0.4) is 0 Å². The van der Waals surface area contributed by atoms with Crippen LogP contribution in [0, 0.1) is 0 Å². The fourth-order valence-electron chi connectivity index (χ4n) is 1.88. The first kappa shape index (κ1) is 14.5. The number of nitrogens with zero attached hydrogens (tertiary/aromatic N) is 1. The van der Waals surface area contributed by atoms with E-state index < -0.39 is 0 Å². The van der Waals surface area contributed by atoms with E-state index in [0.29, 0.717) is 29.4 Å². The summed E-state index contributed by atoms with van der Waals surface area (Å²) in [4.78, 5) is 12.3. The quantitative estimate of drug-likeness (QED) is 0.842. The van der Waals surface area contributed by atoms with Gasteiger partial charge < -0.3 is 20.4 Å². The summed E-state index contributed by atoms with van der Waals surface area (Å²) in [6.07, 6.45) is 1.86. The number of nitrogens with one attached hydrogen (secondary N) is 1. The van der Waals surface area contributed by atoms with E-state index in [-0.39, 0.29) is 5.91 Å². The number of rotatable bonds is 4. The van der Waals surface area contributed by atoms with Crippen molar-refractivity contribution in [2.24, 2.45) is 0 Å². The molecule has 6 heteroatoms. The maximum Gasteiger partial charge on any atom is 0.272 e. The summed E-state index contributed by atoms with van der Waals surface area (Å²) in [5, 5.41) is 2.80. The zero-order chi connectivity index (χ0) is 14.7. The largest absolute Gasteiger partial charge is 0.497 e. The van der Waals surface area contributed by atoms with E-state index in [4.69, 9.17) is 10.5 Å². The number of halogens is 1. The molecule has 0 bridgehead atoms. The summed E-state index contributed by atoms with van der Waals surface area (Å²) >= 11 is 3.37. The minimum atomic E-state index is -0.211. The Balaban J connectivity index is 2.27. The number of hydrogen-bond donors (Lipinski definition) is 2. The summed E-state index contributed by atoms with van der Waals surface area (Å²) in [5.41, 5.74) is 7.46. The molecule has 0 aliphatic rings. The van der Waals surface area contributed by atoms with Crippen LogP contribution in [-0.4, -0.2) is 17.6 Å². The zero-order valence-electron chi connectivity index (χ0n) is 11.3. The van der Waals surface area contributed by atoms with Gasteiger partial charge in [0.2, 0.25) is 0 Å². The Bertz CT molecular complexity index is 637. The molecule has 106 valence electrons. The molecule has 0 spiro atoms. The van der Waals surface area contributed by atoms with Crippen molar-refractivity contribution in [1.29, 1.82) is 0 Å². The lowest BCUT2D eigenvalue weighted by molar-refractivity contribution is 0.101. The lowest BCUT2D eigenvalue weighted by atomic mass is 10.2. The number of aryl methyl sites for hydroxylation is 1. The van der Waals surface area contributed by atoms with Crippen molar-refractivity contribution < 1.29 is 9.53 Å². The second kappa shape index (κ2) is 6.00. The molecule has 0 saturated carbocycles. The Morgan fingerprint density at radius 3 is 2.85 bits per heavy atom. The van der Waals surface area contributed by atoms with E-state index in [9.17, 15) is 4.79 Å². The molecule has 5 nitrogen and oxygen atoms in total. The number of anilines is 2. The summed E-state index contributed by atoms with van der Waals surface area (Å²) in [6, 6.07) is 6.91. The summed E-state index contributed by atoms with van der Waals surface area (Å²) in [7, 11) is 1.57. The van der Waals surface area contributed by atoms with Crippen LogP contribution in [0.2, 0.25) is 0 Å². The summed E-state index contributed by atoms with van der Waals surface area (Å²) in [6.45, 7) is 2.69. The second-order valence-electron chi connectivity index (χ2n) is 4.24. The average molecular weight is 338 g/mol. The number of carbonyl (C=O) groups is 1. The Morgan fingerprint density at radius 1 is 1.45 bits per heavy atom. The van der Waals surface area contributed by atoms with Gasteiger partial charge >= 0.3 is 0 Å². The highest BCUT2D eigenvalue weighted by molar-refractivity contribution is 9.10. The molecule has 0 saturated heterocycles. The normalized spacial score (nSPS) is 10.3. The molecule has 2 rings (SSSR count). The molecule has 0 fully saturated rings. The van der Waals surface area contributed by atoms with Crippen molar-refractivity contribution in [3.8, 4) is 5.75 Å². The van der Waals surface area contributed by atoms with Gasteiger partial charge in [-0.1, -0.05) is 0 Å². The molecule has 1 amide bonds. The number of benzene rings is 1. The van der Waals surface area contributed by atoms with Crippen molar-refractivity contribution in [3.63, 3.8) is 0 Å². The second-order valence-corrected chi connectivity index (χ2v) is 5.15. The molecule has 0 aliphatic heterocycles. The van der Waals surface area contributed by atoms with E-state index >= 15 is 0 Å². The van der Waals surface area contributed by atoms with Gasteiger partial charge in [0.25, 0.3) is 5.91 Å². The van der Waals surface area contributed by atoms with E-state index in [1.807, 2.05) is 17.7 Å². The molecule has 0 atom stereocenters. The Kier molecular flexibility index (Phi) is 4.34. The predicted octanol–water partition coefficient (Wildman–Crippen LogP) is 3.11. The standard InChI is InChI=1S/C14H16BrN3O2/c1-3-18-8-9(15)6-13(18)14(19)17-12-7-10(20-2)4-5-11(12)16/h4-8H,3,16H2,1-2H3,(H,17,19). The molecule has 1 heterocycles. The van der Waals surface area contributed by atoms with Gasteiger partial charge in [-0.3, -0.25) is 4.79 Å². The van der Waals surface area contributed by atoms with Gasteiger partial charge in [0.05, 0.1) is 18.5 Å². The summed E-state index contributed by atoms with van der Waals surface area (Å²) in [5.74, 6) is 0.430. The van der Waals surface area contributed by atoms with Crippen molar-refractivity contribution in [3.05, 3.63) is 40.6 Å². The van der Waals surface area contributed by atoms with Gasteiger partial charge in [0.1, 0.15) is 11.4 Å². The highest BCUT2D eigenvalue weighted by atomic mass is 79.9. The van der Waals surface area contributed by atoms with Crippen molar-refractivity contribution in [2.45, 2.75) is 13.5 Å². The lowest BCUT2D eigenvalue weighted by Crippen LogP contribution is -2.17. The van der Waals surface area contributed by atoms with Crippen LogP contribution in [0.4, 0.5) is 11.4 Å². The first-order chi connectivity index (χ1) is 9.55. The van der Waals surface area contributed by atoms with Gasteiger partial charge in [0, 0.05) is 23.3 Å². The maximum atomic E-state index is 12.3. The minimum Gasteiger partial charge on any atom is -0.497 e. The molecule has 0 aliphatic carbocycles. The molecule has 0 unspecified atom stereocenters. The number of nitrogens with two attached hydrogens (primary N) is 1. The van der Waals surface area contributed by atoms with Crippen LogP contribution in [-0.2, 0) is 6.54 Å². The lowest BCUT2D eigenvalue weighted by Gasteiger charge is -2.11. The van der Waals surface area contributed by atoms with E-state index in [1.54, 1.807) is 31.4 Å². The van der Waals surface area contributed by atoms with Crippen LogP contribution in [0.25, 0.3) is 0 Å². The monoisotopic (exact) mass is 337 g/mol. The van der Waals surface area contributed by atoms with Crippen LogP contribution in [0.1, 0.15) is 17.4 Å². The Morgan fingerprint density at radius 2 is 2.20 bits per heavy atom. The molecule has 3 N–H and O–H groups in total. The first-order valence-electron chi connectivity index (χ1n) is 6.15. The van der Waals surface area contributed by atoms with Crippen molar-refractivity contribution in [2.75, 3.05) is 18.2 Å². The Hall–Kier alpha value is -1.95. The number of ether oxygens (including phenoxy) is 1. The fraction of sp³-hybridized carbons (Fsp3) is 0.214. The van der Waals surface area contributed by atoms with Gasteiger partial charge in [0.15, 0.2) is 0 Å². The third-order valence-corrected chi connectivity index (χ3v) is 3.38. The zero-order valence-corrected chi connectivity index (χ0v) is 12.9. The van der Waals surface area contributed by atoms with Crippen LogP contribution in [0.15, 0.2) is 34.9 Å². The number of methoxy groups -OCH3 is 1. The van der Waals surface area contributed by atoms with Crippen LogP contribution < -0.4 is 15.8 Å². The maximum absolute atomic E-state index is 12.3. The molecular weight excluding hydrogens is 322 g/mol. The number of aromatic nitrogens is 1. The highest BCUT2D eigenvalue weighted by Gasteiger charge is 2.14. The summed E-state index contributed by atoms with van der Waals surface area (Å²) < 4.78 is 7.85. The molecular formula is C14H16BrN3O2. The Labute approximate surface area is 125 Å². The molecule has 0 radical (unpaired) electrons. The highest BCUT2D eigenvalue weighted by Crippen LogP contribution is 2.25. The molecule has 20 heavy (non-hydrogen) atoms. The van der Waals surface area contributed by atoms with Crippen LogP contribution in [0.5, 0.6) is 5.75 Å². The number of carbonyl (C=O) groups excluding carboxylic acids is 1. The van der Waals surface area contributed by atoms with E-state index in [2.05, 4.69) is 21.2 Å². The third-order valence-electron chi connectivity index (χ3n) is 2.95. The van der Waals surface area contributed by atoms with Gasteiger partial charge in [-0.05, 0) is 41.1 Å². The topological polar surface area (TPSA) is 69.3 Å². The first-order valence-corrected chi connectivity index (χ1v) is 6.95. The average Bonchev–Trinajstić information content (AvgIpc) is 2.82. The van der Waals surface area contributed by atoms with Crippen molar-refractivity contribution in [1.82, 2.24) is 4.57 Å². The third kappa shape index (κ3) is 2.96. The van der Waals surface area contributed by atoms with E-state index in [1.165, 1.54) is 0 Å². The SMILES string of the molecule is CCn1cc(Br)cc1C(=O)Nc1cc(OC)ccc1N. The smallest absolute Gasteiger partial charge is 0.272 e. The van der Waals surface area contributed by atoms with Gasteiger partial charge in [-0.25, -0.2) is 0 Å². The van der Waals surface area contributed by atoms with Gasteiger partial charge in [-0.2, -0.15) is 0 Å². The molecule has 1 aromatic heterocycles. The molecule has 1 aromatic carbocycles. The van der Waals surface area contributed by atoms with Crippen LogP contribution >= 0.6 is 15.9 Å². The fourth-order valence-corrected chi connectivity index (χ4v) is 2.35.